The van der Waals surface area contributed by atoms with Gasteiger partial charge in [-0.2, -0.15) is 0 Å². The summed E-state index contributed by atoms with van der Waals surface area (Å²) in [7, 11) is 0. The van der Waals surface area contributed by atoms with Gasteiger partial charge in [-0.05, 0) is 17.7 Å². The van der Waals surface area contributed by atoms with Crippen molar-refractivity contribution in [3.63, 3.8) is 0 Å². The highest BCUT2D eigenvalue weighted by Gasteiger charge is 2.20. The van der Waals surface area contributed by atoms with Gasteiger partial charge in [-0.25, -0.2) is 4.98 Å². The summed E-state index contributed by atoms with van der Waals surface area (Å²) in [5.41, 5.74) is 1.15. The highest BCUT2D eigenvalue weighted by molar-refractivity contribution is 6.30. The molecule has 116 valence electrons. The van der Waals surface area contributed by atoms with Crippen molar-refractivity contribution < 1.29 is 14.6 Å². The minimum Gasteiger partial charge on any atom is -0.387 e. The lowest BCUT2D eigenvalue weighted by Gasteiger charge is -2.17. The molecule has 0 spiro atoms. The first-order chi connectivity index (χ1) is 10.6. The summed E-state index contributed by atoms with van der Waals surface area (Å²) in [5, 5.41) is 13.4. The van der Waals surface area contributed by atoms with Crippen molar-refractivity contribution in [3.05, 3.63) is 52.6 Å². The van der Waals surface area contributed by atoms with E-state index in [9.17, 15) is 9.90 Å². The first-order valence-electron chi connectivity index (χ1n) is 6.99. The topological polar surface area (TPSA) is 76.4 Å². The van der Waals surface area contributed by atoms with Crippen molar-refractivity contribution in [2.75, 3.05) is 13.2 Å². The fraction of sp³-hybridized carbons (Fsp3) is 0.333. The number of ether oxygens (including phenoxy) is 1. The largest absolute Gasteiger partial charge is 0.387 e. The van der Waals surface area contributed by atoms with E-state index < -0.39 is 6.10 Å². The molecule has 1 aromatic carbocycles. The first-order valence-corrected chi connectivity index (χ1v) is 7.37. The summed E-state index contributed by atoms with van der Waals surface area (Å²) in [6.45, 7) is 1.69. The van der Waals surface area contributed by atoms with Crippen LogP contribution in [-0.2, 0) is 17.9 Å². The zero-order chi connectivity index (χ0) is 15.5. The van der Waals surface area contributed by atoms with E-state index in [1.165, 1.54) is 6.20 Å². The van der Waals surface area contributed by atoms with Gasteiger partial charge >= 0.3 is 0 Å². The number of nitrogens with zero attached hydrogens (tertiary/aromatic N) is 2. The number of imidazole rings is 1. The first kappa shape index (κ1) is 15.0. The lowest BCUT2D eigenvalue weighted by molar-refractivity contribution is 0.0771. The van der Waals surface area contributed by atoms with Crippen LogP contribution < -0.4 is 5.32 Å². The van der Waals surface area contributed by atoms with Crippen LogP contribution in [0.25, 0.3) is 0 Å². The van der Waals surface area contributed by atoms with Crippen LogP contribution in [0.5, 0.6) is 0 Å². The molecule has 0 aliphatic carbocycles. The van der Waals surface area contributed by atoms with E-state index in [0.29, 0.717) is 36.0 Å². The van der Waals surface area contributed by atoms with Gasteiger partial charge in [0, 0.05) is 18.1 Å². The number of aliphatic hydroxyl groups is 1. The Morgan fingerprint density at radius 1 is 1.55 bits per heavy atom. The highest BCUT2D eigenvalue weighted by atomic mass is 35.5. The number of carbonyl (C=O) groups excluding carboxylic acids is 1. The zero-order valence-corrected chi connectivity index (χ0v) is 12.6. The quantitative estimate of drug-likeness (QED) is 0.895. The molecule has 0 radical (unpaired) electrons. The Hall–Kier alpha value is -1.89. The second-order valence-electron chi connectivity index (χ2n) is 5.04. The van der Waals surface area contributed by atoms with Gasteiger partial charge in [-0.15, -0.1) is 0 Å². The summed E-state index contributed by atoms with van der Waals surface area (Å²) in [5.74, 6) is 0.480. The number of hydrogen-bond donors (Lipinski definition) is 2. The molecule has 1 unspecified atom stereocenters. The maximum atomic E-state index is 12.2. The van der Waals surface area contributed by atoms with E-state index in [0.717, 1.165) is 5.82 Å². The Morgan fingerprint density at radius 2 is 2.41 bits per heavy atom. The molecule has 0 saturated heterocycles. The third-order valence-electron chi connectivity index (χ3n) is 3.55. The minimum atomic E-state index is -0.810. The molecule has 0 fully saturated rings. The molecular formula is C15H16ClN3O3. The molecule has 2 heterocycles. The van der Waals surface area contributed by atoms with Gasteiger partial charge in [0.1, 0.15) is 18.1 Å². The predicted molar refractivity (Wildman–Crippen MR) is 80.6 cm³/mol. The van der Waals surface area contributed by atoms with Crippen LogP contribution in [0.3, 0.4) is 0 Å². The Bertz CT molecular complexity index is 686. The highest BCUT2D eigenvalue weighted by Crippen LogP contribution is 2.17. The van der Waals surface area contributed by atoms with Crippen molar-refractivity contribution in [2.45, 2.75) is 19.3 Å². The number of aromatic nitrogens is 2. The number of aliphatic hydroxyl groups excluding tert-OH is 1. The van der Waals surface area contributed by atoms with Crippen LogP contribution in [0.15, 0.2) is 30.5 Å². The van der Waals surface area contributed by atoms with Crippen LogP contribution in [0.4, 0.5) is 0 Å². The number of halogens is 1. The standard InChI is InChI=1S/C15H16ClN3O3/c16-11-3-1-2-10(6-11)13(20)8-18-15(21)12-7-17-14-9-22-5-4-19(12)14/h1-3,6-7,13,20H,4-5,8-9H2,(H,18,21). The van der Waals surface area contributed by atoms with Crippen molar-refractivity contribution in [1.29, 1.82) is 0 Å². The van der Waals surface area contributed by atoms with E-state index in [4.69, 9.17) is 16.3 Å². The number of benzene rings is 1. The minimum absolute atomic E-state index is 0.107. The fourth-order valence-electron chi connectivity index (χ4n) is 2.39. The van der Waals surface area contributed by atoms with Crippen molar-refractivity contribution in [2.24, 2.45) is 0 Å². The monoisotopic (exact) mass is 321 g/mol. The number of rotatable bonds is 4. The average molecular weight is 322 g/mol. The summed E-state index contributed by atoms with van der Waals surface area (Å²) in [4.78, 5) is 16.4. The van der Waals surface area contributed by atoms with Crippen LogP contribution in [0.2, 0.25) is 5.02 Å². The summed E-state index contributed by atoms with van der Waals surface area (Å²) >= 11 is 5.89. The normalized spacial score (nSPS) is 15.2. The van der Waals surface area contributed by atoms with Gasteiger partial charge in [0.15, 0.2) is 0 Å². The summed E-state index contributed by atoms with van der Waals surface area (Å²) < 4.78 is 7.13. The number of fused-ring (bicyclic) bond motifs is 1. The third kappa shape index (κ3) is 3.14. The molecule has 1 aliphatic rings. The van der Waals surface area contributed by atoms with Crippen molar-refractivity contribution in [3.8, 4) is 0 Å². The SMILES string of the molecule is O=C(NCC(O)c1cccc(Cl)c1)c1cnc2n1CCOC2. The second-order valence-corrected chi connectivity index (χ2v) is 5.48. The number of carbonyl (C=O) groups is 1. The van der Waals surface area contributed by atoms with E-state index in [2.05, 4.69) is 10.3 Å². The van der Waals surface area contributed by atoms with E-state index in [-0.39, 0.29) is 12.5 Å². The van der Waals surface area contributed by atoms with E-state index >= 15 is 0 Å². The van der Waals surface area contributed by atoms with Crippen molar-refractivity contribution >= 4 is 17.5 Å². The third-order valence-corrected chi connectivity index (χ3v) is 3.79. The number of nitrogens with one attached hydrogen (secondary N) is 1. The molecular weight excluding hydrogens is 306 g/mol. The average Bonchev–Trinajstić information content (AvgIpc) is 2.96. The zero-order valence-electron chi connectivity index (χ0n) is 11.8. The van der Waals surface area contributed by atoms with Crippen LogP contribution in [0, 0.1) is 0 Å². The molecule has 0 bridgehead atoms. The Kier molecular flexibility index (Phi) is 4.42. The van der Waals surface area contributed by atoms with Crippen LogP contribution >= 0.6 is 11.6 Å². The predicted octanol–water partition coefficient (Wildman–Crippen LogP) is 1.53. The fourth-order valence-corrected chi connectivity index (χ4v) is 2.59. The maximum Gasteiger partial charge on any atom is 0.269 e. The molecule has 0 saturated carbocycles. The lowest BCUT2D eigenvalue weighted by atomic mass is 10.1. The Balaban J connectivity index is 1.64. The van der Waals surface area contributed by atoms with Crippen molar-refractivity contribution in [1.82, 2.24) is 14.9 Å². The van der Waals surface area contributed by atoms with Gasteiger partial charge in [0.05, 0.1) is 18.9 Å². The van der Waals surface area contributed by atoms with Gasteiger partial charge in [0.25, 0.3) is 5.91 Å². The number of hydrogen-bond acceptors (Lipinski definition) is 4. The molecule has 6 nitrogen and oxygen atoms in total. The summed E-state index contributed by atoms with van der Waals surface area (Å²) in [6, 6.07) is 6.93. The second kappa shape index (κ2) is 6.48. The summed E-state index contributed by atoms with van der Waals surface area (Å²) in [6.07, 6.45) is 0.722. The molecule has 22 heavy (non-hydrogen) atoms. The molecule has 1 aliphatic heterocycles. The molecule has 1 amide bonds. The molecule has 7 heteroatoms. The molecule has 1 aromatic heterocycles. The smallest absolute Gasteiger partial charge is 0.269 e. The van der Waals surface area contributed by atoms with Crippen LogP contribution in [0.1, 0.15) is 28.0 Å². The Labute approximate surface area is 132 Å². The lowest BCUT2D eigenvalue weighted by Crippen LogP contribution is -2.31. The molecule has 1 atom stereocenters. The molecule has 2 N–H and O–H groups in total. The van der Waals surface area contributed by atoms with E-state index in [1.807, 2.05) is 4.57 Å². The van der Waals surface area contributed by atoms with E-state index in [1.54, 1.807) is 24.3 Å². The van der Waals surface area contributed by atoms with Gasteiger partial charge in [-0.3, -0.25) is 4.79 Å². The van der Waals surface area contributed by atoms with Crippen LogP contribution in [-0.4, -0.2) is 33.7 Å². The van der Waals surface area contributed by atoms with Gasteiger partial charge < -0.3 is 19.7 Å². The Morgan fingerprint density at radius 3 is 3.23 bits per heavy atom. The van der Waals surface area contributed by atoms with Gasteiger partial charge in [-0.1, -0.05) is 23.7 Å². The maximum absolute atomic E-state index is 12.2. The van der Waals surface area contributed by atoms with Gasteiger partial charge in [0.2, 0.25) is 0 Å². The number of amides is 1. The molecule has 3 rings (SSSR count). The molecule has 2 aromatic rings.